The fourth-order valence-electron chi connectivity index (χ4n) is 1.75. The number of carboxylic acid groups (broad SMARTS) is 1. The molecule has 1 aliphatic rings. The predicted octanol–water partition coefficient (Wildman–Crippen LogP) is -4.56. The van der Waals surface area contributed by atoms with Crippen molar-refractivity contribution in [1.82, 2.24) is 0 Å². The predicted molar refractivity (Wildman–Crippen MR) is 70.0 cm³/mol. The summed E-state index contributed by atoms with van der Waals surface area (Å²) in [4.78, 5) is 20.0. The summed E-state index contributed by atoms with van der Waals surface area (Å²) in [6.45, 7) is 0.495. The van der Waals surface area contributed by atoms with Gasteiger partial charge in [-0.15, -0.1) is 0 Å². The molecule has 0 saturated carbocycles. The molecule has 0 aromatic rings. The second kappa shape index (κ2) is 8.33. The average Bonchev–Trinajstić information content (AvgIpc) is 2.40. The second-order valence-electron chi connectivity index (χ2n) is 4.87. The molecular weight excluding hydrogens is 304 g/mol. The molecule has 1 amide bonds. The molecule has 11 heteroatoms. The Kier molecular flexibility index (Phi) is 7.83. The second-order valence-corrected chi connectivity index (χ2v) is 4.87. The summed E-state index contributed by atoms with van der Waals surface area (Å²) in [7, 11) is 0. The van der Waals surface area contributed by atoms with Crippen LogP contribution in [0, 0.1) is 0 Å². The van der Waals surface area contributed by atoms with Crippen molar-refractivity contribution in [3.63, 3.8) is 0 Å². The molecule has 0 aromatic heterocycles. The average molecular weight is 326 g/mol. The molecule has 0 bridgehead atoms. The monoisotopic (exact) mass is 326 g/mol. The number of primary amides is 1. The van der Waals surface area contributed by atoms with E-state index >= 15 is 0 Å². The zero-order chi connectivity index (χ0) is 17.7. The Morgan fingerprint density at radius 3 is 2.23 bits per heavy atom. The first-order valence-electron chi connectivity index (χ1n) is 6.26. The van der Waals surface area contributed by atoms with Gasteiger partial charge in [0.1, 0.15) is 18.3 Å². The molecular formula is C11H22N2O9. The first-order valence-corrected chi connectivity index (χ1v) is 6.26. The van der Waals surface area contributed by atoms with Crippen molar-refractivity contribution in [2.24, 2.45) is 11.5 Å². The molecule has 1 heterocycles. The molecule has 10 N–H and O–H groups in total. The molecule has 6 atom stereocenters. The van der Waals surface area contributed by atoms with Gasteiger partial charge in [0.15, 0.2) is 0 Å². The van der Waals surface area contributed by atoms with Crippen LogP contribution in [0.25, 0.3) is 0 Å². The molecule has 1 unspecified atom stereocenters. The smallest absolute Gasteiger partial charge is 0.364 e. The van der Waals surface area contributed by atoms with E-state index in [1.807, 2.05) is 0 Å². The molecule has 1 fully saturated rings. The summed E-state index contributed by atoms with van der Waals surface area (Å²) in [5.41, 5.74) is 9.98. The van der Waals surface area contributed by atoms with Crippen LogP contribution in [-0.4, -0.2) is 85.4 Å². The van der Waals surface area contributed by atoms with Crippen LogP contribution in [0.1, 0.15) is 13.3 Å². The third-order valence-electron chi connectivity index (χ3n) is 2.89. The summed E-state index contributed by atoms with van der Waals surface area (Å²) < 4.78 is 4.75. The number of ether oxygens (including phenoxy) is 1. The van der Waals surface area contributed by atoms with E-state index in [0.29, 0.717) is 0 Å². The minimum atomic E-state index is -2.70. The van der Waals surface area contributed by atoms with Gasteiger partial charge in [-0.1, -0.05) is 0 Å². The third-order valence-corrected chi connectivity index (χ3v) is 2.89. The molecule has 0 spiro atoms. The maximum Gasteiger partial charge on any atom is 0.364 e. The first-order chi connectivity index (χ1) is 9.96. The molecule has 22 heavy (non-hydrogen) atoms. The molecule has 1 saturated heterocycles. The number of carbonyl (C=O) groups excluding carboxylic acids is 1. The van der Waals surface area contributed by atoms with Gasteiger partial charge in [0.05, 0.1) is 18.8 Å². The molecule has 11 nitrogen and oxygen atoms in total. The van der Waals surface area contributed by atoms with Gasteiger partial charge in [-0.3, -0.25) is 4.79 Å². The minimum Gasteiger partial charge on any atom is -0.477 e. The number of rotatable bonds is 4. The lowest BCUT2D eigenvalue weighted by Gasteiger charge is -2.43. The Morgan fingerprint density at radius 1 is 1.41 bits per heavy atom. The van der Waals surface area contributed by atoms with Gasteiger partial charge in [-0.2, -0.15) is 0 Å². The lowest BCUT2D eigenvalue weighted by Crippen LogP contribution is -2.65. The highest BCUT2D eigenvalue weighted by atomic mass is 16.7. The van der Waals surface area contributed by atoms with E-state index in [0.717, 1.165) is 0 Å². The summed E-state index contributed by atoms with van der Waals surface area (Å²) in [5.74, 6) is -4.78. The summed E-state index contributed by atoms with van der Waals surface area (Å²) in [5, 5.41) is 55.5. The zero-order valence-electron chi connectivity index (χ0n) is 11.9. The van der Waals surface area contributed by atoms with Gasteiger partial charge in [-0.25, -0.2) is 4.79 Å². The highest BCUT2D eigenvalue weighted by Gasteiger charge is 2.52. The standard InChI is InChI=1S/C9H17NO8.C2H5NO/c10-5-3(12)1-9(17,8(15)16)18-7(5)6(14)4(13)2-11;1-2(3)4/h3-7,11-14,17H,1-2,10H2,(H,15,16);1H3,(H2,3,4)/t3-,4+,5+,6+,7+,9?;/m0./s1. The number of hydrogen-bond acceptors (Lipinski definition) is 9. The number of nitrogens with two attached hydrogens (primary N) is 2. The van der Waals surface area contributed by atoms with Crippen LogP contribution in [0.3, 0.4) is 0 Å². The van der Waals surface area contributed by atoms with Gasteiger partial charge in [0, 0.05) is 13.3 Å². The SMILES string of the molecule is CC(N)=O.N[C@H]1[C@H]([C@H](O)[C@H](O)CO)OC(O)(C(=O)O)C[C@@H]1O. The molecule has 1 aliphatic heterocycles. The van der Waals surface area contributed by atoms with Crippen molar-refractivity contribution in [3.8, 4) is 0 Å². The first kappa shape index (κ1) is 20.7. The minimum absolute atomic E-state index is 0.333. The van der Waals surface area contributed by atoms with Crippen LogP contribution in [0.5, 0.6) is 0 Å². The van der Waals surface area contributed by atoms with Gasteiger partial charge in [-0.05, 0) is 0 Å². The molecule has 0 radical (unpaired) electrons. The van der Waals surface area contributed by atoms with E-state index in [9.17, 15) is 30.0 Å². The number of aliphatic carboxylic acids is 1. The van der Waals surface area contributed by atoms with Crippen LogP contribution in [0.15, 0.2) is 0 Å². The summed E-state index contributed by atoms with van der Waals surface area (Å²) in [6.07, 6.45) is -7.01. The van der Waals surface area contributed by atoms with Crippen molar-refractivity contribution in [3.05, 3.63) is 0 Å². The highest BCUT2D eigenvalue weighted by Crippen LogP contribution is 2.29. The highest BCUT2D eigenvalue weighted by molar-refractivity contribution is 5.75. The number of carbonyl (C=O) groups is 2. The maximum absolute atomic E-state index is 10.8. The Balaban J connectivity index is 0.000000980. The van der Waals surface area contributed by atoms with Crippen LogP contribution in [0.4, 0.5) is 0 Å². The zero-order valence-corrected chi connectivity index (χ0v) is 11.9. The third kappa shape index (κ3) is 5.46. The lowest BCUT2D eigenvalue weighted by atomic mass is 9.89. The van der Waals surface area contributed by atoms with Gasteiger partial charge in [0.25, 0.3) is 5.79 Å². The molecule has 1 rings (SSSR count). The fourth-order valence-corrected chi connectivity index (χ4v) is 1.75. The van der Waals surface area contributed by atoms with E-state index in [1.165, 1.54) is 6.92 Å². The largest absolute Gasteiger partial charge is 0.477 e. The lowest BCUT2D eigenvalue weighted by molar-refractivity contribution is -0.292. The molecule has 0 aliphatic carbocycles. The maximum atomic E-state index is 10.8. The van der Waals surface area contributed by atoms with Crippen molar-refractivity contribution in [2.75, 3.05) is 6.61 Å². The van der Waals surface area contributed by atoms with Gasteiger partial charge < -0.3 is 46.8 Å². The van der Waals surface area contributed by atoms with Gasteiger partial charge in [0.2, 0.25) is 5.91 Å². The Labute approximate surface area is 125 Å². The Morgan fingerprint density at radius 2 is 1.86 bits per heavy atom. The number of amides is 1. The van der Waals surface area contributed by atoms with Crippen molar-refractivity contribution in [1.29, 1.82) is 0 Å². The van der Waals surface area contributed by atoms with E-state index in [-0.39, 0.29) is 5.91 Å². The Hall–Kier alpha value is -1.34. The van der Waals surface area contributed by atoms with E-state index in [4.69, 9.17) is 20.7 Å². The normalized spacial score (nSPS) is 34.0. The van der Waals surface area contributed by atoms with Crippen LogP contribution >= 0.6 is 0 Å². The number of aliphatic hydroxyl groups excluding tert-OH is 4. The summed E-state index contributed by atoms with van der Waals surface area (Å²) in [6, 6.07) is -1.21. The Bertz CT molecular complexity index is 390. The fraction of sp³-hybridized carbons (Fsp3) is 0.818. The number of aliphatic hydroxyl groups is 5. The van der Waals surface area contributed by atoms with Crippen LogP contribution in [0.2, 0.25) is 0 Å². The van der Waals surface area contributed by atoms with Crippen LogP contribution in [-0.2, 0) is 14.3 Å². The van der Waals surface area contributed by atoms with E-state index < -0.39 is 55.2 Å². The van der Waals surface area contributed by atoms with Gasteiger partial charge >= 0.3 is 5.97 Å². The van der Waals surface area contributed by atoms with E-state index in [1.54, 1.807) is 0 Å². The number of carboxylic acids is 1. The molecule has 130 valence electrons. The van der Waals surface area contributed by atoms with Crippen molar-refractivity contribution in [2.45, 2.75) is 49.6 Å². The topological polar surface area (TPSA) is 217 Å². The summed E-state index contributed by atoms with van der Waals surface area (Å²) >= 11 is 0. The molecule has 0 aromatic carbocycles. The van der Waals surface area contributed by atoms with Crippen molar-refractivity contribution >= 4 is 11.9 Å². The van der Waals surface area contributed by atoms with E-state index in [2.05, 4.69) is 5.73 Å². The van der Waals surface area contributed by atoms with Crippen LogP contribution < -0.4 is 11.5 Å². The number of hydrogen-bond donors (Lipinski definition) is 8. The van der Waals surface area contributed by atoms with Crippen molar-refractivity contribution < 1.29 is 45.0 Å². The quantitative estimate of drug-likeness (QED) is 0.247.